The monoisotopic (exact) mass is 310 g/mol. The molecule has 0 fully saturated rings. The molecule has 1 N–H and O–H groups in total. The molecule has 2 heterocycles. The highest BCUT2D eigenvalue weighted by Crippen LogP contribution is 2.24. The number of hydrogen-bond donors (Lipinski definition) is 1. The molecular weight excluding hydrogens is 296 g/mol. The summed E-state index contributed by atoms with van der Waals surface area (Å²) >= 11 is 5.30. The fraction of sp³-hybridized carbons (Fsp3) is 0.308. The summed E-state index contributed by atoms with van der Waals surface area (Å²) in [5.41, 5.74) is 2.57. The number of pyridine rings is 1. The molecule has 0 spiro atoms. The van der Waals surface area contributed by atoms with Crippen LogP contribution in [0.25, 0.3) is 0 Å². The molecular formula is C13H15BrN2S. The number of rotatable bonds is 4. The number of aromatic nitrogens is 1. The minimum absolute atomic E-state index is 0.371. The molecule has 2 aromatic rings. The van der Waals surface area contributed by atoms with Crippen LogP contribution in [0.2, 0.25) is 0 Å². The van der Waals surface area contributed by atoms with Gasteiger partial charge in [0.1, 0.15) is 5.82 Å². The Morgan fingerprint density at radius 1 is 1.47 bits per heavy atom. The van der Waals surface area contributed by atoms with Crippen molar-refractivity contribution in [2.24, 2.45) is 0 Å². The molecule has 0 bridgehead atoms. The average Bonchev–Trinajstić information content (AvgIpc) is 2.77. The number of anilines is 1. The van der Waals surface area contributed by atoms with Gasteiger partial charge in [-0.3, -0.25) is 0 Å². The summed E-state index contributed by atoms with van der Waals surface area (Å²) in [5.74, 6) is 0.924. The summed E-state index contributed by atoms with van der Waals surface area (Å²) in [6.45, 7) is 4.24. The molecule has 0 aliphatic carbocycles. The summed E-state index contributed by atoms with van der Waals surface area (Å²) < 4.78 is 1.05. The van der Waals surface area contributed by atoms with Gasteiger partial charge in [-0.05, 0) is 70.2 Å². The summed E-state index contributed by atoms with van der Waals surface area (Å²) in [6.07, 6.45) is 2.85. The second-order valence-corrected chi connectivity index (χ2v) is 5.74. The van der Waals surface area contributed by atoms with Crippen LogP contribution in [0, 0.1) is 6.92 Å². The third-order valence-corrected chi connectivity index (χ3v) is 4.32. The van der Waals surface area contributed by atoms with Gasteiger partial charge in [-0.25, -0.2) is 4.98 Å². The molecule has 2 aromatic heterocycles. The normalized spacial score (nSPS) is 12.4. The first kappa shape index (κ1) is 12.6. The van der Waals surface area contributed by atoms with Crippen molar-refractivity contribution in [3.63, 3.8) is 0 Å². The zero-order chi connectivity index (χ0) is 12.3. The van der Waals surface area contributed by atoms with Gasteiger partial charge in [0.2, 0.25) is 0 Å². The van der Waals surface area contributed by atoms with Crippen molar-refractivity contribution in [1.82, 2.24) is 4.98 Å². The summed E-state index contributed by atoms with van der Waals surface area (Å²) in [5, 5.41) is 7.74. The standard InChI is InChI=1S/C13H15BrN2S/c1-9-3-5-15-13(12(9)14)16-10(2)7-11-4-6-17-8-11/h3-6,8,10H,7H2,1-2H3,(H,15,16). The lowest BCUT2D eigenvalue weighted by Gasteiger charge is -2.15. The van der Waals surface area contributed by atoms with Gasteiger partial charge in [0, 0.05) is 12.2 Å². The molecule has 0 saturated heterocycles. The first-order valence-corrected chi connectivity index (χ1v) is 7.29. The Morgan fingerprint density at radius 3 is 3.00 bits per heavy atom. The number of nitrogens with one attached hydrogen (secondary N) is 1. The van der Waals surface area contributed by atoms with E-state index in [1.807, 2.05) is 12.3 Å². The molecule has 2 nitrogen and oxygen atoms in total. The van der Waals surface area contributed by atoms with Crippen LogP contribution in [0.1, 0.15) is 18.1 Å². The minimum atomic E-state index is 0.371. The molecule has 0 aliphatic heterocycles. The van der Waals surface area contributed by atoms with E-state index in [0.29, 0.717) is 6.04 Å². The number of hydrogen-bond acceptors (Lipinski definition) is 3. The molecule has 1 unspecified atom stereocenters. The zero-order valence-corrected chi connectivity index (χ0v) is 12.3. The Balaban J connectivity index is 2.03. The van der Waals surface area contributed by atoms with Crippen molar-refractivity contribution < 1.29 is 0 Å². The number of halogens is 1. The molecule has 1 atom stereocenters. The average molecular weight is 311 g/mol. The third-order valence-electron chi connectivity index (χ3n) is 2.59. The predicted octanol–water partition coefficient (Wildman–Crippen LogP) is 4.26. The highest BCUT2D eigenvalue weighted by atomic mass is 79.9. The van der Waals surface area contributed by atoms with Crippen molar-refractivity contribution >= 4 is 33.1 Å². The predicted molar refractivity (Wildman–Crippen MR) is 77.8 cm³/mol. The fourth-order valence-corrected chi connectivity index (χ4v) is 2.72. The molecule has 90 valence electrons. The Labute approximate surface area is 114 Å². The summed E-state index contributed by atoms with van der Waals surface area (Å²) in [6, 6.07) is 4.54. The lowest BCUT2D eigenvalue weighted by Crippen LogP contribution is -2.19. The lowest BCUT2D eigenvalue weighted by molar-refractivity contribution is 0.785. The third kappa shape index (κ3) is 3.30. The van der Waals surface area contributed by atoms with E-state index in [2.05, 4.69) is 56.9 Å². The Kier molecular flexibility index (Phi) is 4.18. The van der Waals surface area contributed by atoms with Gasteiger partial charge < -0.3 is 5.32 Å². The Hall–Kier alpha value is -0.870. The van der Waals surface area contributed by atoms with E-state index in [0.717, 1.165) is 16.7 Å². The van der Waals surface area contributed by atoms with Gasteiger partial charge >= 0.3 is 0 Å². The van der Waals surface area contributed by atoms with E-state index in [-0.39, 0.29) is 0 Å². The summed E-state index contributed by atoms with van der Waals surface area (Å²) in [4.78, 5) is 4.35. The van der Waals surface area contributed by atoms with Crippen molar-refractivity contribution in [3.8, 4) is 0 Å². The lowest BCUT2D eigenvalue weighted by atomic mass is 10.1. The maximum Gasteiger partial charge on any atom is 0.140 e. The van der Waals surface area contributed by atoms with Crippen LogP contribution in [0.4, 0.5) is 5.82 Å². The summed E-state index contributed by atoms with van der Waals surface area (Å²) in [7, 11) is 0. The number of thiophene rings is 1. The van der Waals surface area contributed by atoms with Gasteiger partial charge in [0.15, 0.2) is 0 Å². The van der Waals surface area contributed by atoms with Crippen LogP contribution in [0.15, 0.2) is 33.6 Å². The van der Waals surface area contributed by atoms with Crippen LogP contribution in [0.3, 0.4) is 0 Å². The van der Waals surface area contributed by atoms with E-state index < -0.39 is 0 Å². The molecule has 0 aliphatic rings. The van der Waals surface area contributed by atoms with E-state index in [9.17, 15) is 0 Å². The zero-order valence-electron chi connectivity index (χ0n) is 9.90. The molecule has 0 saturated carbocycles. The maximum atomic E-state index is 4.35. The van der Waals surface area contributed by atoms with Crippen LogP contribution in [-0.4, -0.2) is 11.0 Å². The van der Waals surface area contributed by atoms with Crippen molar-refractivity contribution in [2.45, 2.75) is 26.3 Å². The van der Waals surface area contributed by atoms with E-state index in [1.165, 1.54) is 11.1 Å². The van der Waals surface area contributed by atoms with E-state index >= 15 is 0 Å². The second kappa shape index (κ2) is 5.65. The largest absolute Gasteiger partial charge is 0.366 e. The van der Waals surface area contributed by atoms with Crippen molar-refractivity contribution in [1.29, 1.82) is 0 Å². The maximum absolute atomic E-state index is 4.35. The molecule has 4 heteroatoms. The van der Waals surface area contributed by atoms with E-state index in [4.69, 9.17) is 0 Å². The van der Waals surface area contributed by atoms with Gasteiger partial charge in [-0.15, -0.1) is 0 Å². The molecule has 0 amide bonds. The smallest absolute Gasteiger partial charge is 0.140 e. The minimum Gasteiger partial charge on any atom is -0.366 e. The SMILES string of the molecule is Cc1ccnc(NC(C)Cc2ccsc2)c1Br. The van der Waals surface area contributed by atoms with E-state index in [1.54, 1.807) is 11.3 Å². The first-order chi connectivity index (χ1) is 8.16. The van der Waals surface area contributed by atoms with Crippen LogP contribution < -0.4 is 5.32 Å². The number of aryl methyl sites for hydroxylation is 1. The Morgan fingerprint density at radius 2 is 2.29 bits per heavy atom. The topological polar surface area (TPSA) is 24.9 Å². The van der Waals surface area contributed by atoms with Crippen LogP contribution in [-0.2, 0) is 6.42 Å². The first-order valence-electron chi connectivity index (χ1n) is 5.55. The molecule has 0 radical (unpaired) electrons. The Bertz CT molecular complexity index is 482. The number of nitrogens with zero attached hydrogens (tertiary/aromatic N) is 1. The van der Waals surface area contributed by atoms with Crippen LogP contribution >= 0.6 is 27.3 Å². The van der Waals surface area contributed by atoms with Gasteiger partial charge in [0.05, 0.1) is 4.47 Å². The van der Waals surface area contributed by atoms with Gasteiger partial charge in [0.25, 0.3) is 0 Å². The second-order valence-electron chi connectivity index (χ2n) is 4.17. The fourth-order valence-electron chi connectivity index (χ4n) is 1.69. The van der Waals surface area contributed by atoms with Crippen molar-refractivity contribution in [3.05, 3.63) is 44.7 Å². The van der Waals surface area contributed by atoms with Gasteiger partial charge in [-0.2, -0.15) is 11.3 Å². The molecule has 0 aromatic carbocycles. The highest BCUT2D eigenvalue weighted by molar-refractivity contribution is 9.10. The van der Waals surface area contributed by atoms with Crippen LogP contribution in [0.5, 0.6) is 0 Å². The van der Waals surface area contributed by atoms with Crippen molar-refractivity contribution in [2.75, 3.05) is 5.32 Å². The van der Waals surface area contributed by atoms with Gasteiger partial charge in [-0.1, -0.05) is 0 Å². The molecule has 17 heavy (non-hydrogen) atoms. The molecule has 2 rings (SSSR count). The highest BCUT2D eigenvalue weighted by Gasteiger charge is 2.08. The quantitative estimate of drug-likeness (QED) is 0.912.